The number of nitrogens with zero attached hydrogens (tertiary/aromatic N) is 3. The molecule has 1 fully saturated rings. The van der Waals surface area contributed by atoms with Crippen LogP contribution in [0.3, 0.4) is 0 Å². The monoisotopic (exact) mass is 444 g/mol. The van der Waals surface area contributed by atoms with Crippen LogP contribution < -0.4 is 0 Å². The van der Waals surface area contributed by atoms with Crippen LogP contribution in [0.5, 0.6) is 0 Å². The Hall–Kier alpha value is -3.09. The SMILES string of the molecule is C[N+]1(CCCc2cnccn2)CCC(OC(=O)C2(O)c3ccccc3-c3ccccc32)CC1. The molecular weight excluding hydrogens is 414 g/mol. The summed E-state index contributed by atoms with van der Waals surface area (Å²) in [5.74, 6) is -0.566. The molecular formula is C27H30N3O3+. The Morgan fingerprint density at radius 2 is 1.70 bits per heavy atom. The first-order valence-electron chi connectivity index (χ1n) is 11.7. The molecule has 0 bridgehead atoms. The Kier molecular flexibility index (Phi) is 5.72. The first-order valence-corrected chi connectivity index (χ1v) is 11.7. The summed E-state index contributed by atoms with van der Waals surface area (Å²) < 4.78 is 6.90. The van der Waals surface area contributed by atoms with Crippen molar-refractivity contribution >= 4 is 5.97 Å². The lowest BCUT2D eigenvalue weighted by Crippen LogP contribution is -2.52. The number of hydrogen-bond acceptors (Lipinski definition) is 5. The second-order valence-electron chi connectivity index (χ2n) is 9.50. The number of carbonyl (C=O) groups excluding carboxylic acids is 1. The zero-order valence-corrected chi connectivity index (χ0v) is 19.0. The molecule has 0 unspecified atom stereocenters. The van der Waals surface area contributed by atoms with Gasteiger partial charge in [0.1, 0.15) is 6.10 Å². The predicted octanol–water partition coefficient (Wildman–Crippen LogP) is 3.48. The van der Waals surface area contributed by atoms with Gasteiger partial charge in [0.05, 0.1) is 32.4 Å². The Balaban J connectivity index is 1.22. The molecule has 2 heterocycles. The fourth-order valence-corrected chi connectivity index (χ4v) is 5.28. The van der Waals surface area contributed by atoms with Crippen LogP contribution in [0.25, 0.3) is 11.1 Å². The van der Waals surface area contributed by atoms with Gasteiger partial charge in [0.15, 0.2) is 0 Å². The number of piperidine rings is 1. The molecule has 2 aromatic carbocycles. The summed E-state index contributed by atoms with van der Waals surface area (Å²) in [5.41, 5.74) is 2.28. The summed E-state index contributed by atoms with van der Waals surface area (Å²) in [5, 5.41) is 11.6. The first kappa shape index (κ1) is 21.7. The number of quaternary nitrogens is 1. The third-order valence-electron chi connectivity index (χ3n) is 7.22. The number of benzene rings is 2. The van der Waals surface area contributed by atoms with Gasteiger partial charge in [-0.05, 0) is 17.5 Å². The lowest BCUT2D eigenvalue weighted by Gasteiger charge is -2.40. The molecule has 170 valence electrons. The highest BCUT2D eigenvalue weighted by Crippen LogP contribution is 2.48. The highest BCUT2D eigenvalue weighted by molar-refractivity contribution is 5.96. The zero-order chi connectivity index (χ0) is 22.9. The maximum absolute atomic E-state index is 13.4. The molecule has 0 atom stereocenters. The molecule has 1 aliphatic heterocycles. The van der Waals surface area contributed by atoms with E-state index in [4.69, 9.17) is 4.74 Å². The second-order valence-corrected chi connectivity index (χ2v) is 9.50. The number of aromatic nitrogens is 2. The third kappa shape index (κ3) is 4.05. The first-order chi connectivity index (χ1) is 16.0. The number of ether oxygens (including phenoxy) is 1. The normalized spacial score (nSPS) is 22.9. The topological polar surface area (TPSA) is 72.3 Å². The summed E-state index contributed by atoms with van der Waals surface area (Å²) in [6.45, 7) is 2.95. The molecule has 1 aliphatic carbocycles. The number of hydrogen-bond donors (Lipinski definition) is 1. The van der Waals surface area contributed by atoms with Gasteiger partial charge in [-0.3, -0.25) is 9.97 Å². The highest BCUT2D eigenvalue weighted by Gasteiger charge is 2.50. The van der Waals surface area contributed by atoms with Crippen LogP contribution >= 0.6 is 0 Å². The van der Waals surface area contributed by atoms with Crippen molar-refractivity contribution in [1.82, 2.24) is 9.97 Å². The van der Waals surface area contributed by atoms with Crippen LogP contribution in [0.15, 0.2) is 67.1 Å². The molecule has 0 saturated carbocycles. The van der Waals surface area contributed by atoms with Gasteiger partial charge in [0.25, 0.3) is 0 Å². The van der Waals surface area contributed by atoms with Crippen molar-refractivity contribution in [2.75, 3.05) is 26.7 Å². The molecule has 1 saturated heterocycles. The second kappa shape index (κ2) is 8.69. The van der Waals surface area contributed by atoms with Crippen molar-refractivity contribution < 1.29 is 19.1 Å². The van der Waals surface area contributed by atoms with Crippen molar-refractivity contribution in [2.24, 2.45) is 0 Å². The quantitative estimate of drug-likeness (QED) is 0.466. The van der Waals surface area contributed by atoms with Crippen molar-refractivity contribution in [3.05, 3.63) is 83.9 Å². The van der Waals surface area contributed by atoms with E-state index < -0.39 is 11.6 Å². The van der Waals surface area contributed by atoms with Gasteiger partial charge in [0, 0.05) is 49.0 Å². The smallest absolute Gasteiger partial charge is 0.348 e. The van der Waals surface area contributed by atoms with E-state index in [0.29, 0.717) is 11.1 Å². The minimum absolute atomic E-state index is 0.173. The van der Waals surface area contributed by atoms with Crippen LogP contribution in [0.1, 0.15) is 36.1 Å². The Labute approximate surface area is 194 Å². The Morgan fingerprint density at radius 3 is 2.30 bits per heavy atom. The lowest BCUT2D eigenvalue weighted by molar-refractivity contribution is -0.915. The number of carbonyl (C=O) groups is 1. The van der Waals surface area contributed by atoms with E-state index in [1.807, 2.05) is 54.7 Å². The maximum Gasteiger partial charge on any atom is 0.348 e. The number of aryl methyl sites for hydroxylation is 1. The molecule has 5 rings (SSSR count). The Morgan fingerprint density at radius 1 is 1.06 bits per heavy atom. The van der Waals surface area contributed by atoms with E-state index in [1.165, 1.54) is 0 Å². The van der Waals surface area contributed by atoms with Gasteiger partial charge in [-0.2, -0.15) is 0 Å². The standard InChI is InChI=1S/C27H30N3O3/c1-30(16-6-7-20-19-28-14-15-29-20)17-12-21(13-18-30)33-26(31)27(32)24-10-4-2-8-22(24)23-9-3-5-11-25(23)27/h2-5,8-11,14-15,19,21,32H,6-7,12-13,16-18H2,1H3/q+1. The molecule has 6 nitrogen and oxygen atoms in total. The minimum Gasteiger partial charge on any atom is -0.459 e. The zero-order valence-electron chi connectivity index (χ0n) is 19.0. The van der Waals surface area contributed by atoms with Crippen molar-refractivity contribution in [1.29, 1.82) is 0 Å². The molecule has 0 amide bonds. The average molecular weight is 445 g/mol. The third-order valence-corrected chi connectivity index (χ3v) is 7.22. The van der Waals surface area contributed by atoms with E-state index >= 15 is 0 Å². The summed E-state index contributed by atoms with van der Waals surface area (Å²) in [4.78, 5) is 21.9. The summed E-state index contributed by atoms with van der Waals surface area (Å²) in [6.07, 6.45) is 8.66. The van der Waals surface area contributed by atoms with Gasteiger partial charge >= 0.3 is 5.97 Å². The van der Waals surface area contributed by atoms with Crippen molar-refractivity contribution in [3.8, 4) is 11.1 Å². The van der Waals surface area contributed by atoms with Crippen LogP contribution in [0.4, 0.5) is 0 Å². The van der Waals surface area contributed by atoms with E-state index in [2.05, 4.69) is 17.0 Å². The maximum atomic E-state index is 13.4. The van der Waals surface area contributed by atoms with Gasteiger partial charge < -0.3 is 14.3 Å². The molecule has 1 N–H and O–H groups in total. The van der Waals surface area contributed by atoms with E-state index in [-0.39, 0.29) is 6.10 Å². The minimum atomic E-state index is -1.75. The molecule has 0 radical (unpaired) electrons. The average Bonchev–Trinajstić information content (AvgIpc) is 3.11. The van der Waals surface area contributed by atoms with Gasteiger partial charge in [-0.15, -0.1) is 0 Å². The van der Waals surface area contributed by atoms with Crippen LogP contribution in [0.2, 0.25) is 0 Å². The number of aliphatic hydroxyl groups is 1. The van der Waals surface area contributed by atoms with Gasteiger partial charge in [0.2, 0.25) is 5.60 Å². The molecule has 6 heteroatoms. The number of fused-ring (bicyclic) bond motifs is 3. The number of rotatable bonds is 6. The van der Waals surface area contributed by atoms with E-state index in [9.17, 15) is 9.90 Å². The van der Waals surface area contributed by atoms with Gasteiger partial charge in [-0.1, -0.05) is 48.5 Å². The summed E-state index contributed by atoms with van der Waals surface area (Å²) >= 11 is 0. The molecule has 1 aromatic heterocycles. The molecule has 0 spiro atoms. The van der Waals surface area contributed by atoms with Crippen LogP contribution in [-0.2, 0) is 21.6 Å². The number of esters is 1. The molecule has 3 aromatic rings. The van der Waals surface area contributed by atoms with Crippen molar-refractivity contribution in [2.45, 2.75) is 37.4 Å². The Bertz CT molecular complexity index is 1090. The predicted molar refractivity (Wildman–Crippen MR) is 125 cm³/mol. The lowest BCUT2D eigenvalue weighted by atomic mass is 9.91. The fourth-order valence-electron chi connectivity index (χ4n) is 5.28. The number of likely N-dealkylation sites (tertiary alicyclic amines) is 1. The highest BCUT2D eigenvalue weighted by atomic mass is 16.6. The largest absolute Gasteiger partial charge is 0.459 e. The fraction of sp³-hybridized carbons (Fsp3) is 0.370. The van der Waals surface area contributed by atoms with Crippen LogP contribution in [-0.4, -0.2) is 58.3 Å². The summed E-state index contributed by atoms with van der Waals surface area (Å²) in [6, 6.07) is 15.1. The molecule has 2 aliphatic rings. The molecule has 33 heavy (non-hydrogen) atoms. The van der Waals surface area contributed by atoms with E-state index in [1.54, 1.807) is 12.4 Å². The van der Waals surface area contributed by atoms with Crippen molar-refractivity contribution in [3.63, 3.8) is 0 Å². The van der Waals surface area contributed by atoms with Crippen LogP contribution in [0, 0.1) is 0 Å². The summed E-state index contributed by atoms with van der Waals surface area (Å²) in [7, 11) is 2.27. The van der Waals surface area contributed by atoms with Gasteiger partial charge in [-0.25, -0.2) is 4.79 Å². The van der Waals surface area contributed by atoms with E-state index in [0.717, 1.165) is 66.6 Å².